The van der Waals surface area contributed by atoms with Gasteiger partial charge in [0.05, 0.1) is 16.8 Å². The van der Waals surface area contributed by atoms with E-state index in [1.807, 2.05) is 6.92 Å². The van der Waals surface area contributed by atoms with E-state index in [0.717, 1.165) is 36.9 Å². The summed E-state index contributed by atoms with van der Waals surface area (Å²) in [6.45, 7) is 1.88. The van der Waals surface area contributed by atoms with Crippen LogP contribution in [0.4, 0.5) is 0 Å². The molecule has 2 N–H and O–H groups in total. The highest BCUT2D eigenvalue weighted by atomic mass is 16.5. The zero-order valence-electron chi connectivity index (χ0n) is 10.3. The molecule has 0 bridgehead atoms. The molecule has 1 aliphatic rings. The molecule has 1 fully saturated rings. The molecule has 6 nitrogen and oxygen atoms in total. The lowest BCUT2D eigenvalue weighted by Crippen LogP contribution is -2.34. The van der Waals surface area contributed by atoms with Gasteiger partial charge < -0.3 is 10.3 Å². The Balaban J connectivity index is 1.97. The minimum absolute atomic E-state index is 0.425. The molecule has 94 valence electrons. The van der Waals surface area contributed by atoms with Crippen LogP contribution in [-0.4, -0.2) is 20.1 Å². The van der Waals surface area contributed by atoms with E-state index in [2.05, 4.69) is 20.1 Å². The van der Waals surface area contributed by atoms with Gasteiger partial charge in [0.2, 0.25) is 0 Å². The van der Waals surface area contributed by atoms with E-state index < -0.39 is 5.54 Å². The molecule has 2 aromatic heterocycles. The molecule has 0 unspecified atom stereocenters. The second-order valence-electron chi connectivity index (χ2n) is 4.81. The second-order valence-corrected chi connectivity index (χ2v) is 4.81. The maximum Gasteiger partial charge on any atom is 0.261 e. The van der Waals surface area contributed by atoms with Gasteiger partial charge in [-0.05, 0) is 19.8 Å². The molecule has 0 aromatic carbocycles. The Morgan fingerprint density at radius 2 is 2.11 bits per heavy atom. The van der Waals surface area contributed by atoms with Gasteiger partial charge in [-0.15, -0.1) is 0 Å². The van der Waals surface area contributed by atoms with E-state index in [1.54, 1.807) is 6.20 Å². The Labute approximate surface area is 105 Å². The first-order valence-corrected chi connectivity index (χ1v) is 6.09. The summed E-state index contributed by atoms with van der Waals surface area (Å²) in [7, 11) is 0. The Kier molecular flexibility index (Phi) is 2.59. The van der Waals surface area contributed by atoms with E-state index in [4.69, 9.17) is 10.3 Å². The van der Waals surface area contributed by atoms with E-state index >= 15 is 0 Å². The zero-order chi connectivity index (χ0) is 12.6. The van der Waals surface area contributed by atoms with Crippen molar-refractivity contribution in [2.45, 2.75) is 38.1 Å². The number of hydrogen-bond donors (Lipinski definition) is 1. The first-order chi connectivity index (χ1) is 8.69. The van der Waals surface area contributed by atoms with Gasteiger partial charge in [-0.25, -0.2) is 9.97 Å². The lowest BCUT2D eigenvalue weighted by molar-refractivity contribution is 0.372. The first kappa shape index (κ1) is 11.3. The van der Waals surface area contributed by atoms with Crippen molar-refractivity contribution in [3.8, 4) is 11.5 Å². The largest absolute Gasteiger partial charge is 0.334 e. The van der Waals surface area contributed by atoms with Crippen molar-refractivity contribution in [3.63, 3.8) is 0 Å². The van der Waals surface area contributed by atoms with Gasteiger partial charge in [0.15, 0.2) is 5.82 Å². The quantitative estimate of drug-likeness (QED) is 0.863. The zero-order valence-corrected chi connectivity index (χ0v) is 10.3. The predicted molar refractivity (Wildman–Crippen MR) is 64.4 cm³/mol. The van der Waals surface area contributed by atoms with Crippen LogP contribution in [0.5, 0.6) is 0 Å². The highest BCUT2D eigenvalue weighted by molar-refractivity contribution is 5.54. The fourth-order valence-corrected chi connectivity index (χ4v) is 2.37. The number of nitrogens with two attached hydrogens (primary N) is 1. The van der Waals surface area contributed by atoms with Gasteiger partial charge in [0, 0.05) is 6.20 Å². The Morgan fingerprint density at radius 1 is 1.33 bits per heavy atom. The van der Waals surface area contributed by atoms with Crippen LogP contribution in [-0.2, 0) is 5.54 Å². The van der Waals surface area contributed by atoms with Crippen LogP contribution in [0.15, 0.2) is 17.0 Å². The maximum atomic E-state index is 6.29. The van der Waals surface area contributed by atoms with E-state index in [-0.39, 0.29) is 0 Å². The molecule has 0 amide bonds. The molecular formula is C12H15N5O. The number of nitrogens with zero attached hydrogens (tertiary/aromatic N) is 4. The molecule has 0 spiro atoms. The topological polar surface area (TPSA) is 90.7 Å². The third kappa shape index (κ3) is 1.78. The molecule has 0 radical (unpaired) electrons. The molecule has 2 heterocycles. The average Bonchev–Trinajstić information content (AvgIpc) is 2.99. The lowest BCUT2D eigenvalue weighted by atomic mass is 9.99. The number of rotatable bonds is 2. The fourth-order valence-electron chi connectivity index (χ4n) is 2.37. The monoisotopic (exact) mass is 245 g/mol. The third-order valence-electron chi connectivity index (χ3n) is 3.51. The van der Waals surface area contributed by atoms with Crippen LogP contribution in [0.2, 0.25) is 0 Å². The van der Waals surface area contributed by atoms with Crippen LogP contribution in [0.1, 0.15) is 37.2 Å². The van der Waals surface area contributed by atoms with Crippen molar-refractivity contribution in [2.24, 2.45) is 5.73 Å². The van der Waals surface area contributed by atoms with Gasteiger partial charge >= 0.3 is 0 Å². The van der Waals surface area contributed by atoms with Crippen molar-refractivity contribution >= 4 is 0 Å². The van der Waals surface area contributed by atoms with Crippen LogP contribution >= 0.6 is 0 Å². The number of aromatic nitrogens is 4. The van der Waals surface area contributed by atoms with Gasteiger partial charge in [0.25, 0.3) is 5.89 Å². The van der Waals surface area contributed by atoms with Crippen LogP contribution < -0.4 is 5.73 Å². The molecular weight excluding hydrogens is 230 g/mol. The molecule has 1 saturated carbocycles. The highest BCUT2D eigenvalue weighted by Crippen LogP contribution is 2.35. The highest BCUT2D eigenvalue weighted by Gasteiger charge is 2.36. The molecule has 1 aliphatic carbocycles. The smallest absolute Gasteiger partial charge is 0.261 e. The standard InChI is InChI=1S/C12H15N5O/c1-8-9(6-14-7-15-8)10-16-11(17-18-10)12(13)4-2-3-5-12/h6-7H,2-5,13H2,1H3. The normalized spacial score (nSPS) is 18.1. The number of hydrogen-bond acceptors (Lipinski definition) is 6. The molecule has 3 rings (SSSR count). The second kappa shape index (κ2) is 4.13. The van der Waals surface area contributed by atoms with Gasteiger partial charge in [-0.3, -0.25) is 0 Å². The summed E-state index contributed by atoms with van der Waals surface area (Å²) in [6, 6.07) is 0. The SMILES string of the molecule is Cc1ncncc1-c1nc(C2(N)CCCC2)no1. The van der Waals surface area contributed by atoms with Gasteiger partial charge in [-0.1, -0.05) is 18.0 Å². The van der Waals surface area contributed by atoms with E-state index in [0.29, 0.717) is 11.7 Å². The summed E-state index contributed by atoms with van der Waals surface area (Å²) in [5, 5.41) is 4.02. The van der Waals surface area contributed by atoms with Crippen molar-refractivity contribution < 1.29 is 4.52 Å². The van der Waals surface area contributed by atoms with Crippen molar-refractivity contribution in [1.29, 1.82) is 0 Å². The first-order valence-electron chi connectivity index (χ1n) is 6.09. The van der Waals surface area contributed by atoms with Crippen LogP contribution in [0, 0.1) is 6.92 Å². The minimum atomic E-state index is -0.425. The third-order valence-corrected chi connectivity index (χ3v) is 3.51. The molecule has 6 heteroatoms. The van der Waals surface area contributed by atoms with Crippen LogP contribution in [0.25, 0.3) is 11.5 Å². The van der Waals surface area contributed by atoms with Gasteiger partial charge in [0.1, 0.15) is 6.33 Å². The molecule has 0 aliphatic heterocycles. The molecule has 2 aromatic rings. The van der Waals surface area contributed by atoms with Crippen molar-refractivity contribution in [2.75, 3.05) is 0 Å². The lowest BCUT2D eigenvalue weighted by Gasteiger charge is -2.17. The molecule has 18 heavy (non-hydrogen) atoms. The van der Waals surface area contributed by atoms with Crippen molar-refractivity contribution in [1.82, 2.24) is 20.1 Å². The van der Waals surface area contributed by atoms with E-state index in [1.165, 1.54) is 6.33 Å². The Hall–Kier alpha value is -1.82. The summed E-state index contributed by atoms with van der Waals surface area (Å²) in [5.74, 6) is 1.04. The molecule has 0 saturated heterocycles. The van der Waals surface area contributed by atoms with Gasteiger partial charge in [-0.2, -0.15) is 4.98 Å². The summed E-state index contributed by atoms with van der Waals surface area (Å²) < 4.78 is 5.29. The Morgan fingerprint density at radius 3 is 2.83 bits per heavy atom. The summed E-state index contributed by atoms with van der Waals surface area (Å²) in [5.41, 5.74) is 7.45. The fraction of sp³-hybridized carbons (Fsp3) is 0.500. The number of aryl methyl sites for hydroxylation is 1. The minimum Gasteiger partial charge on any atom is -0.334 e. The average molecular weight is 245 g/mol. The maximum absolute atomic E-state index is 6.29. The summed E-state index contributed by atoms with van der Waals surface area (Å²) in [4.78, 5) is 12.5. The Bertz CT molecular complexity index is 559. The van der Waals surface area contributed by atoms with E-state index in [9.17, 15) is 0 Å². The van der Waals surface area contributed by atoms with Crippen molar-refractivity contribution in [3.05, 3.63) is 24.0 Å². The predicted octanol–water partition coefficient (Wildman–Crippen LogP) is 1.56. The molecule has 0 atom stereocenters. The summed E-state index contributed by atoms with van der Waals surface area (Å²) in [6.07, 6.45) is 7.24. The van der Waals surface area contributed by atoms with Crippen LogP contribution in [0.3, 0.4) is 0 Å². The summed E-state index contributed by atoms with van der Waals surface area (Å²) >= 11 is 0.